The molecular weight excluding hydrogens is 250 g/mol. The summed E-state index contributed by atoms with van der Waals surface area (Å²) in [5.74, 6) is 0.624. The van der Waals surface area contributed by atoms with Gasteiger partial charge in [0.15, 0.2) is 6.67 Å². The van der Waals surface area contributed by atoms with Gasteiger partial charge < -0.3 is 0 Å². The Morgan fingerprint density at radius 2 is 2.06 bits per heavy atom. The number of benzene rings is 1. The molecule has 0 saturated heterocycles. The summed E-state index contributed by atoms with van der Waals surface area (Å²) in [6.45, 7) is 0.479. The summed E-state index contributed by atoms with van der Waals surface area (Å²) >= 11 is 5.95. The minimum Gasteiger partial charge on any atom is -0.287 e. The van der Waals surface area contributed by atoms with Crippen LogP contribution in [0.3, 0.4) is 0 Å². The largest absolute Gasteiger partial charge is 0.287 e. The topological polar surface area (TPSA) is 60.6 Å². The maximum Gasteiger partial charge on any atom is 0.273 e. The van der Waals surface area contributed by atoms with E-state index < -0.39 is 0 Å². The molecule has 2 N–H and O–H groups in total. The lowest BCUT2D eigenvalue weighted by Gasteiger charge is -2.04. The zero-order valence-electron chi connectivity index (χ0n) is 9.49. The maximum absolute atomic E-state index is 5.95. The molecule has 18 heavy (non-hydrogen) atoms. The number of hydrogen-bond acceptors (Lipinski definition) is 3. The highest BCUT2D eigenvalue weighted by molar-refractivity contribution is 6.30. The molecule has 0 aliphatic carbocycles. The monoisotopic (exact) mass is 260 g/mol. The Balaban J connectivity index is 2.04. The van der Waals surface area contributed by atoms with E-state index in [1.165, 1.54) is 0 Å². The van der Waals surface area contributed by atoms with Crippen LogP contribution in [-0.4, -0.2) is 15.0 Å². The average molecular weight is 261 g/mol. The van der Waals surface area contributed by atoms with Gasteiger partial charge in [-0.3, -0.25) is 5.73 Å². The number of hydrogen-bond donors (Lipinski definition) is 1. The number of halogens is 1. The van der Waals surface area contributed by atoms with E-state index in [1.807, 2.05) is 28.8 Å². The first-order chi connectivity index (χ1) is 8.74. The minimum absolute atomic E-state index is 0.479. The van der Waals surface area contributed by atoms with Gasteiger partial charge in [0.2, 0.25) is 0 Å². The van der Waals surface area contributed by atoms with Crippen molar-refractivity contribution in [3.8, 4) is 0 Å². The molecule has 0 aliphatic heterocycles. The van der Waals surface area contributed by atoms with Crippen molar-refractivity contribution < 1.29 is 4.57 Å². The molecule has 2 aromatic heterocycles. The Labute approximate surface area is 108 Å². The fourth-order valence-electron chi connectivity index (χ4n) is 1.82. The number of nitrogens with two attached hydrogens (primary N) is 1. The van der Waals surface area contributed by atoms with Crippen LogP contribution in [-0.2, 0) is 6.67 Å². The van der Waals surface area contributed by atoms with Gasteiger partial charge in [0, 0.05) is 6.07 Å². The standard InChI is InChI=1S/C12H10ClN5/c13-9-5-6-12(14)17(7-9)8-18-11-4-2-1-3-10(11)15-16-18/h1-7,14H,8H2/p+1. The van der Waals surface area contributed by atoms with E-state index in [0.717, 1.165) is 11.0 Å². The van der Waals surface area contributed by atoms with Crippen LogP contribution in [0.1, 0.15) is 0 Å². The molecule has 0 aliphatic rings. The zero-order valence-corrected chi connectivity index (χ0v) is 10.2. The molecule has 2 heterocycles. The van der Waals surface area contributed by atoms with Crippen LogP contribution in [0.5, 0.6) is 0 Å². The van der Waals surface area contributed by atoms with E-state index in [2.05, 4.69) is 10.3 Å². The molecule has 5 nitrogen and oxygen atoms in total. The summed E-state index contributed by atoms with van der Waals surface area (Å²) in [5, 5.41) is 8.83. The molecule has 0 spiro atoms. The van der Waals surface area contributed by atoms with Crippen LogP contribution in [0.15, 0.2) is 42.6 Å². The van der Waals surface area contributed by atoms with E-state index in [1.54, 1.807) is 23.0 Å². The summed E-state index contributed by atoms with van der Waals surface area (Å²) in [7, 11) is 0. The van der Waals surface area contributed by atoms with Crippen molar-refractivity contribution >= 4 is 28.5 Å². The van der Waals surface area contributed by atoms with Crippen molar-refractivity contribution in [2.45, 2.75) is 6.67 Å². The van der Waals surface area contributed by atoms with E-state index in [0.29, 0.717) is 17.5 Å². The first-order valence-corrected chi connectivity index (χ1v) is 5.84. The summed E-state index contributed by atoms with van der Waals surface area (Å²) in [4.78, 5) is 0. The van der Waals surface area contributed by atoms with Gasteiger partial charge in [0.05, 0.1) is 10.5 Å². The normalized spacial score (nSPS) is 10.9. The van der Waals surface area contributed by atoms with E-state index in [9.17, 15) is 0 Å². The molecule has 3 aromatic rings. The molecule has 90 valence electrons. The highest BCUT2D eigenvalue weighted by Gasteiger charge is 2.09. The molecule has 0 bridgehead atoms. The zero-order chi connectivity index (χ0) is 12.5. The van der Waals surface area contributed by atoms with Gasteiger partial charge >= 0.3 is 0 Å². The van der Waals surface area contributed by atoms with Crippen LogP contribution in [0, 0.1) is 0 Å². The molecule has 1 aromatic carbocycles. The van der Waals surface area contributed by atoms with Crippen LogP contribution in [0.25, 0.3) is 11.0 Å². The van der Waals surface area contributed by atoms with E-state index in [-0.39, 0.29) is 0 Å². The highest BCUT2D eigenvalue weighted by atomic mass is 35.5. The molecular formula is C12H11ClN5+. The third kappa shape index (κ3) is 1.89. The molecule has 0 atom stereocenters. The fraction of sp³-hybridized carbons (Fsp3) is 0.0833. The number of anilines is 1. The lowest BCUT2D eigenvalue weighted by atomic mass is 10.3. The van der Waals surface area contributed by atoms with Crippen molar-refractivity contribution in [3.05, 3.63) is 47.6 Å². The number of nitrogen functional groups attached to an aromatic ring is 1. The number of para-hydroxylation sites is 1. The van der Waals surface area contributed by atoms with E-state index in [4.69, 9.17) is 17.3 Å². The van der Waals surface area contributed by atoms with Crippen molar-refractivity contribution in [1.29, 1.82) is 0 Å². The average Bonchev–Trinajstić information content (AvgIpc) is 2.78. The summed E-state index contributed by atoms with van der Waals surface area (Å²) in [5.41, 5.74) is 7.72. The molecule has 0 unspecified atom stereocenters. The smallest absolute Gasteiger partial charge is 0.273 e. The highest BCUT2D eigenvalue weighted by Crippen LogP contribution is 2.10. The molecule has 0 radical (unpaired) electrons. The number of rotatable bonds is 2. The minimum atomic E-state index is 0.479. The number of fused-ring (bicyclic) bond motifs is 1. The van der Waals surface area contributed by atoms with Gasteiger partial charge in [-0.1, -0.05) is 28.9 Å². The van der Waals surface area contributed by atoms with Crippen LogP contribution >= 0.6 is 11.6 Å². The second-order valence-corrected chi connectivity index (χ2v) is 4.40. The maximum atomic E-state index is 5.95. The molecule has 0 amide bonds. The Kier molecular flexibility index (Phi) is 2.60. The predicted molar refractivity (Wildman–Crippen MR) is 69.0 cm³/mol. The van der Waals surface area contributed by atoms with Gasteiger partial charge in [-0.05, 0) is 18.2 Å². The molecule has 6 heteroatoms. The molecule has 0 saturated carbocycles. The third-order valence-corrected chi connectivity index (χ3v) is 2.95. The van der Waals surface area contributed by atoms with Crippen molar-refractivity contribution in [3.63, 3.8) is 0 Å². The van der Waals surface area contributed by atoms with Gasteiger partial charge in [-0.25, -0.2) is 9.25 Å². The van der Waals surface area contributed by atoms with Crippen molar-refractivity contribution in [1.82, 2.24) is 15.0 Å². The van der Waals surface area contributed by atoms with Gasteiger partial charge in [-0.2, -0.15) is 0 Å². The lowest BCUT2D eigenvalue weighted by molar-refractivity contribution is -0.688. The Hall–Kier alpha value is -2.14. The predicted octanol–water partition coefficient (Wildman–Crippen LogP) is 1.46. The molecule has 0 fully saturated rings. The van der Waals surface area contributed by atoms with Crippen molar-refractivity contribution in [2.24, 2.45) is 0 Å². The van der Waals surface area contributed by atoms with Crippen LogP contribution < -0.4 is 10.3 Å². The SMILES string of the molecule is Nc1ccc(Cl)c[n+]1Cn1nnc2ccccc21. The fourth-order valence-corrected chi connectivity index (χ4v) is 2.00. The first-order valence-electron chi connectivity index (χ1n) is 5.47. The third-order valence-electron chi connectivity index (χ3n) is 2.73. The Morgan fingerprint density at radius 1 is 1.22 bits per heavy atom. The number of aromatic nitrogens is 4. The second-order valence-electron chi connectivity index (χ2n) is 3.96. The van der Waals surface area contributed by atoms with Crippen LogP contribution in [0.4, 0.5) is 5.82 Å². The van der Waals surface area contributed by atoms with Crippen molar-refractivity contribution in [2.75, 3.05) is 5.73 Å². The first kappa shape index (κ1) is 11.0. The lowest BCUT2D eigenvalue weighted by Crippen LogP contribution is -2.40. The quantitative estimate of drug-likeness (QED) is 0.710. The summed E-state index contributed by atoms with van der Waals surface area (Å²) < 4.78 is 3.60. The number of nitrogens with zero attached hydrogens (tertiary/aromatic N) is 4. The Bertz CT molecular complexity index is 707. The van der Waals surface area contributed by atoms with Gasteiger partial charge in [-0.15, -0.1) is 5.10 Å². The molecule has 3 rings (SSSR count). The summed E-state index contributed by atoms with van der Waals surface area (Å²) in [6, 6.07) is 11.3. The second kappa shape index (κ2) is 4.27. The van der Waals surface area contributed by atoms with E-state index >= 15 is 0 Å². The van der Waals surface area contributed by atoms with Gasteiger partial charge in [0.1, 0.15) is 11.7 Å². The number of pyridine rings is 1. The Morgan fingerprint density at radius 3 is 2.94 bits per heavy atom. The summed E-state index contributed by atoms with van der Waals surface area (Å²) in [6.07, 6.45) is 1.77. The van der Waals surface area contributed by atoms with Crippen LogP contribution in [0.2, 0.25) is 5.02 Å². The van der Waals surface area contributed by atoms with Gasteiger partial charge in [0.25, 0.3) is 5.82 Å².